The molecular weight excluding hydrogens is 341 g/mol. The van der Waals surface area contributed by atoms with Gasteiger partial charge in [-0.25, -0.2) is 4.98 Å². The molecule has 0 saturated heterocycles. The minimum Gasteiger partial charge on any atom is -0.439 e. The lowest BCUT2D eigenvalue weighted by Gasteiger charge is -2.28. The molecule has 2 aromatic carbocycles. The maximum absolute atomic E-state index is 13.0. The van der Waals surface area contributed by atoms with Gasteiger partial charge in [0.05, 0.1) is 12.1 Å². The highest BCUT2D eigenvalue weighted by Crippen LogP contribution is 2.37. The van der Waals surface area contributed by atoms with Crippen molar-refractivity contribution in [2.24, 2.45) is 0 Å². The molecule has 0 radical (unpaired) electrons. The summed E-state index contributed by atoms with van der Waals surface area (Å²) in [6, 6.07) is 13.3. The van der Waals surface area contributed by atoms with E-state index in [1.807, 2.05) is 31.2 Å². The van der Waals surface area contributed by atoms with E-state index < -0.39 is 11.7 Å². The Morgan fingerprint density at radius 3 is 2.62 bits per heavy atom. The molecule has 6 heteroatoms. The number of rotatable bonds is 5. The van der Waals surface area contributed by atoms with Crippen molar-refractivity contribution >= 4 is 11.1 Å². The molecule has 0 unspecified atom stereocenters. The number of halogens is 3. The monoisotopic (exact) mass is 360 g/mol. The van der Waals surface area contributed by atoms with Gasteiger partial charge in [0, 0.05) is 12.1 Å². The Morgan fingerprint density at radius 2 is 1.92 bits per heavy atom. The molecule has 0 spiro atoms. The summed E-state index contributed by atoms with van der Waals surface area (Å²) in [7, 11) is 0. The van der Waals surface area contributed by atoms with Crippen LogP contribution in [0, 0.1) is 0 Å². The van der Waals surface area contributed by atoms with Gasteiger partial charge in [-0.3, -0.25) is 4.90 Å². The predicted molar refractivity (Wildman–Crippen MR) is 92.4 cm³/mol. The Bertz CT molecular complexity index is 882. The van der Waals surface area contributed by atoms with Crippen LogP contribution in [0.5, 0.6) is 0 Å². The van der Waals surface area contributed by atoms with Crippen LogP contribution in [0.2, 0.25) is 0 Å². The SMILES string of the molecule is C[C@@H](c1cccc(C(F)(F)F)c1)N(Cc1nc2ccccc2o1)C1CC1. The number of fused-ring (bicyclic) bond motifs is 1. The van der Waals surface area contributed by atoms with Crippen LogP contribution < -0.4 is 0 Å². The molecule has 3 aromatic rings. The minimum atomic E-state index is -4.33. The standard InChI is InChI=1S/C20H19F3N2O/c1-13(14-5-4-6-15(11-14)20(21,22)23)25(16-9-10-16)12-19-24-17-7-2-3-8-18(17)26-19/h2-8,11,13,16H,9-10,12H2,1H3/t13-/m0/s1. The predicted octanol–water partition coefficient (Wildman–Crippen LogP) is 5.57. The van der Waals surface area contributed by atoms with Gasteiger partial charge in [-0.15, -0.1) is 0 Å². The van der Waals surface area contributed by atoms with Gasteiger partial charge in [0.25, 0.3) is 0 Å². The molecule has 1 saturated carbocycles. The van der Waals surface area contributed by atoms with Crippen LogP contribution in [0.25, 0.3) is 11.1 Å². The highest BCUT2D eigenvalue weighted by molar-refractivity contribution is 5.72. The molecule has 1 aromatic heterocycles. The maximum Gasteiger partial charge on any atom is 0.416 e. The summed E-state index contributed by atoms with van der Waals surface area (Å²) in [6.07, 6.45) is -2.24. The number of para-hydroxylation sites is 2. The van der Waals surface area contributed by atoms with E-state index in [0.717, 1.165) is 30.0 Å². The zero-order valence-electron chi connectivity index (χ0n) is 14.3. The Labute approximate surface area is 149 Å². The highest BCUT2D eigenvalue weighted by atomic mass is 19.4. The zero-order valence-corrected chi connectivity index (χ0v) is 14.3. The third-order valence-electron chi connectivity index (χ3n) is 4.87. The van der Waals surface area contributed by atoms with Gasteiger partial charge in [-0.2, -0.15) is 13.2 Å². The molecule has 0 aliphatic heterocycles. The molecule has 0 bridgehead atoms. The molecular formula is C20H19F3N2O. The summed E-state index contributed by atoms with van der Waals surface area (Å²) in [5, 5.41) is 0. The molecule has 0 N–H and O–H groups in total. The first-order chi connectivity index (χ1) is 12.4. The van der Waals surface area contributed by atoms with Gasteiger partial charge < -0.3 is 4.42 Å². The van der Waals surface area contributed by atoms with E-state index in [-0.39, 0.29) is 6.04 Å². The first kappa shape index (κ1) is 17.1. The lowest BCUT2D eigenvalue weighted by Crippen LogP contribution is -2.29. The van der Waals surface area contributed by atoms with E-state index in [1.54, 1.807) is 6.07 Å². The van der Waals surface area contributed by atoms with Crippen LogP contribution in [0.1, 0.15) is 42.8 Å². The van der Waals surface area contributed by atoms with E-state index in [4.69, 9.17) is 4.42 Å². The van der Waals surface area contributed by atoms with Crippen molar-refractivity contribution in [3.05, 3.63) is 65.5 Å². The fourth-order valence-corrected chi connectivity index (χ4v) is 3.30. The molecule has 1 aliphatic rings. The molecule has 136 valence electrons. The van der Waals surface area contributed by atoms with E-state index in [1.165, 1.54) is 12.1 Å². The largest absolute Gasteiger partial charge is 0.439 e. The highest BCUT2D eigenvalue weighted by Gasteiger charge is 2.35. The van der Waals surface area contributed by atoms with Gasteiger partial charge in [-0.1, -0.05) is 24.3 Å². The molecule has 3 nitrogen and oxygen atoms in total. The lowest BCUT2D eigenvalue weighted by atomic mass is 10.0. The number of hydrogen-bond acceptors (Lipinski definition) is 3. The fourth-order valence-electron chi connectivity index (χ4n) is 3.30. The quantitative estimate of drug-likeness (QED) is 0.595. The van der Waals surface area contributed by atoms with E-state index in [0.29, 0.717) is 24.0 Å². The van der Waals surface area contributed by atoms with Crippen LogP contribution in [0.4, 0.5) is 13.2 Å². The van der Waals surface area contributed by atoms with E-state index in [9.17, 15) is 13.2 Å². The third-order valence-corrected chi connectivity index (χ3v) is 4.87. The first-order valence-corrected chi connectivity index (χ1v) is 8.69. The normalized spacial score (nSPS) is 16.3. The summed E-state index contributed by atoms with van der Waals surface area (Å²) in [4.78, 5) is 6.69. The topological polar surface area (TPSA) is 29.3 Å². The molecule has 4 rings (SSSR count). The summed E-state index contributed by atoms with van der Waals surface area (Å²) in [5.41, 5.74) is 1.57. The van der Waals surface area contributed by atoms with Crippen LogP contribution in [0.3, 0.4) is 0 Å². The van der Waals surface area contributed by atoms with E-state index >= 15 is 0 Å². The Morgan fingerprint density at radius 1 is 1.15 bits per heavy atom. The summed E-state index contributed by atoms with van der Waals surface area (Å²) in [6.45, 7) is 2.42. The van der Waals surface area contributed by atoms with Crippen molar-refractivity contribution in [3.8, 4) is 0 Å². The molecule has 0 amide bonds. The molecule has 1 fully saturated rings. The van der Waals surface area contributed by atoms with Gasteiger partial charge in [0.1, 0.15) is 5.52 Å². The lowest BCUT2D eigenvalue weighted by molar-refractivity contribution is -0.137. The molecule has 1 atom stereocenters. The smallest absolute Gasteiger partial charge is 0.416 e. The number of hydrogen-bond donors (Lipinski definition) is 0. The van der Waals surface area contributed by atoms with Crippen LogP contribution in [-0.4, -0.2) is 15.9 Å². The minimum absolute atomic E-state index is 0.153. The van der Waals surface area contributed by atoms with Gasteiger partial charge in [-0.05, 0) is 49.6 Å². The van der Waals surface area contributed by atoms with Crippen molar-refractivity contribution in [1.29, 1.82) is 0 Å². The van der Waals surface area contributed by atoms with Gasteiger partial charge in [0.2, 0.25) is 5.89 Å². The molecule has 1 aliphatic carbocycles. The Hall–Kier alpha value is -2.34. The fraction of sp³-hybridized carbons (Fsp3) is 0.350. The van der Waals surface area contributed by atoms with E-state index in [2.05, 4.69) is 9.88 Å². The first-order valence-electron chi connectivity index (χ1n) is 8.69. The third kappa shape index (κ3) is 3.46. The zero-order chi connectivity index (χ0) is 18.3. The van der Waals surface area contributed by atoms with Crippen molar-refractivity contribution in [3.63, 3.8) is 0 Å². The Balaban J connectivity index is 1.60. The molecule has 1 heterocycles. The number of aromatic nitrogens is 1. The number of oxazole rings is 1. The Kier molecular flexibility index (Phi) is 4.23. The summed E-state index contributed by atoms with van der Waals surface area (Å²) in [5.74, 6) is 0.594. The van der Waals surface area contributed by atoms with Gasteiger partial charge >= 0.3 is 6.18 Å². The van der Waals surface area contributed by atoms with Gasteiger partial charge in [0.15, 0.2) is 5.58 Å². The molecule has 26 heavy (non-hydrogen) atoms. The second-order valence-corrected chi connectivity index (χ2v) is 6.78. The summed E-state index contributed by atoms with van der Waals surface area (Å²) >= 11 is 0. The van der Waals surface area contributed by atoms with Crippen molar-refractivity contribution < 1.29 is 17.6 Å². The second kappa shape index (κ2) is 6.43. The summed E-state index contributed by atoms with van der Waals surface area (Å²) < 4.78 is 44.9. The van der Waals surface area contributed by atoms with Crippen LogP contribution in [0.15, 0.2) is 52.9 Å². The van der Waals surface area contributed by atoms with Crippen molar-refractivity contribution in [1.82, 2.24) is 9.88 Å². The van der Waals surface area contributed by atoms with Crippen molar-refractivity contribution in [2.75, 3.05) is 0 Å². The average molecular weight is 360 g/mol. The maximum atomic E-state index is 13.0. The number of nitrogens with zero attached hydrogens (tertiary/aromatic N) is 2. The van der Waals surface area contributed by atoms with Crippen LogP contribution >= 0.6 is 0 Å². The second-order valence-electron chi connectivity index (χ2n) is 6.78. The number of benzene rings is 2. The van der Waals surface area contributed by atoms with Crippen LogP contribution in [-0.2, 0) is 12.7 Å². The van der Waals surface area contributed by atoms with Crippen molar-refractivity contribution in [2.45, 2.75) is 44.6 Å². The number of alkyl halides is 3. The average Bonchev–Trinajstić information content (AvgIpc) is 3.37.